The average molecular weight is 308 g/mol. The summed E-state index contributed by atoms with van der Waals surface area (Å²) in [5.41, 5.74) is 10.0. The highest BCUT2D eigenvalue weighted by atomic mass is 16.2. The standard InChI is InChI=1S/C17H16N4O2/c18-19-12-16(22)15(11-13-7-3-1-4-8-13)21-17(23)20-14-9-5-2-6-10-14/h1-10,12,15H,11H2,(H2,20,21,23)/t15-/m1/s1. The minimum Gasteiger partial charge on any atom is -0.361 e. The van der Waals surface area contributed by atoms with Gasteiger partial charge in [0.25, 0.3) is 5.78 Å². The third-order valence-corrected chi connectivity index (χ3v) is 3.15. The number of ketones is 1. The molecule has 2 aromatic carbocycles. The highest BCUT2D eigenvalue weighted by Gasteiger charge is 2.22. The van der Waals surface area contributed by atoms with Gasteiger partial charge < -0.3 is 16.2 Å². The molecule has 23 heavy (non-hydrogen) atoms. The quantitative estimate of drug-likeness (QED) is 0.486. The second kappa shape index (κ2) is 8.26. The van der Waals surface area contributed by atoms with Gasteiger partial charge in [-0.3, -0.25) is 4.79 Å². The molecule has 0 aliphatic rings. The fraction of sp³-hybridized carbons (Fsp3) is 0.118. The van der Waals surface area contributed by atoms with Crippen molar-refractivity contribution < 1.29 is 14.4 Å². The molecule has 0 radical (unpaired) electrons. The Hall–Kier alpha value is -3.24. The van der Waals surface area contributed by atoms with Gasteiger partial charge in [-0.1, -0.05) is 48.5 Å². The van der Waals surface area contributed by atoms with E-state index in [4.69, 9.17) is 5.53 Å². The fourth-order valence-corrected chi connectivity index (χ4v) is 2.07. The summed E-state index contributed by atoms with van der Waals surface area (Å²) in [4.78, 5) is 26.8. The molecular weight excluding hydrogens is 292 g/mol. The maximum atomic E-state index is 12.0. The highest BCUT2D eigenvalue weighted by molar-refractivity contribution is 6.28. The first kappa shape index (κ1) is 16.1. The summed E-state index contributed by atoms with van der Waals surface area (Å²) in [5, 5.41) is 5.24. The van der Waals surface area contributed by atoms with E-state index in [9.17, 15) is 9.59 Å². The molecule has 0 bridgehead atoms. The summed E-state index contributed by atoms with van der Waals surface area (Å²) in [6.07, 6.45) is 1.09. The number of rotatable bonds is 6. The molecule has 6 nitrogen and oxygen atoms in total. The topological polar surface area (TPSA) is 94.6 Å². The first-order valence-corrected chi connectivity index (χ1v) is 7.07. The van der Waals surface area contributed by atoms with Gasteiger partial charge in [0, 0.05) is 12.1 Å². The molecule has 116 valence electrons. The molecular formula is C17H16N4O2. The van der Waals surface area contributed by atoms with E-state index in [-0.39, 0.29) is 0 Å². The highest BCUT2D eigenvalue weighted by Crippen LogP contribution is 2.06. The average Bonchev–Trinajstić information content (AvgIpc) is 2.56. The van der Waals surface area contributed by atoms with Crippen LogP contribution >= 0.6 is 0 Å². The van der Waals surface area contributed by atoms with Crippen LogP contribution in [0, 0.1) is 0 Å². The zero-order chi connectivity index (χ0) is 16.5. The molecule has 0 aliphatic heterocycles. The van der Waals surface area contributed by atoms with Crippen molar-refractivity contribution in [1.29, 1.82) is 0 Å². The van der Waals surface area contributed by atoms with E-state index in [1.165, 1.54) is 0 Å². The predicted octanol–water partition coefficient (Wildman–Crippen LogP) is 2.29. The zero-order valence-corrected chi connectivity index (χ0v) is 12.3. The van der Waals surface area contributed by atoms with Gasteiger partial charge in [0.2, 0.25) is 0 Å². The second-order valence-electron chi connectivity index (χ2n) is 4.85. The van der Waals surface area contributed by atoms with Gasteiger partial charge in [0.15, 0.2) is 0 Å². The molecule has 6 heteroatoms. The number of para-hydroxylation sites is 1. The van der Waals surface area contributed by atoms with Crippen LogP contribution in [0.1, 0.15) is 5.56 Å². The molecule has 0 spiro atoms. The Labute approximate surface area is 133 Å². The van der Waals surface area contributed by atoms with Crippen LogP contribution in [0.2, 0.25) is 0 Å². The summed E-state index contributed by atoms with van der Waals surface area (Å²) >= 11 is 0. The number of urea groups is 1. The lowest BCUT2D eigenvalue weighted by atomic mass is 10.0. The van der Waals surface area contributed by atoms with Crippen molar-refractivity contribution in [2.24, 2.45) is 0 Å². The smallest absolute Gasteiger partial charge is 0.325 e. The van der Waals surface area contributed by atoms with Gasteiger partial charge in [0.05, 0.1) is 0 Å². The first-order chi connectivity index (χ1) is 11.2. The van der Waals surface area contributed by atoms with E-state index in [0.29, 0.717) is 12.1 Å². The number of carbonyl (C=O) groups excluding carboxylic acids is 2. The zero-order valence-electron chi connectivity index (χ0n) is 12.3. The third-order valence-electron chi connectivity index (χ3n) is 3.15. The number of carbonyl (C=O) groups is 2. The lowest BCUT2D eigenvalue weighted by molar-refractivity contribution is -0.117. The van der Waals surface area contributed by atoms with Gasteiger partial charge in [0.1, 0.15) is 6.04 Å². The minimum absolute atomic E-state index is 0.300. The summed E-state index contributed by atoms with van der Waals surface area (Å²) < 4.78 is 0. The second-order valence-corrected chi connectivity index (χ2v) is 4.85. The Kier molecular flexibility index (Phi) is 5.80. The molecule has 0 aromatic heterocycles. The molecule has 2 aromatic rings. The van der Waals surface area contributed by atoms with Crippen molar-refractivity contribution in [2.75, 3.05) is 5.32 Å². The van der Waals surface area contributed by atoms with Crippen LogP contribution in [0.3, 0.4) is 0 Å². The Morgan fingerprint density at radius 3 is 2.26 bits per heavy atom. The van der Waals surface area contributed by atoms with Gasteiger partial charge in [-0.15, -0.1) is 0 Å². The summed E-state index contributed by atoms with van der Waals surface area (Å²) in [6, 6.07) is 16.8. The Morgan fingerprint density at radius 1 is 1.04 bits per heavy atom. The summed E-state index contributed by atoms with van der Waals surface area (Å²) in [6.45, 7) is 0. The van der Waals surface area contributed by atoms with Crippen LogP contribution in [-0.4, -0.2) is 28.9 Å². The predicted molar refractivity (Wildman–Crippen MR) is 87.2 cm³/mol. The lowest BCUT2D eigenvalue weighted by Gasteiger charge is -2.15. The Morgan fingerprint density at radius 2 is 1.65 bits per heavy atom. The molecule has 0 unspecified atom stereocenters. The van der Waals surface area contributed by atoms with Crippen LogP contribution in [-0.2, 0) is 11.2 Å². The number of hydrogen-bond donors (Lipinski definition) is 2. The minimum atomic E-state index is -0.822. The molecule has 0 saturated heterocycles. The van der Waals surface area contributed by atoms with E-state index >= 15 is 0 Å². The Bertz CT molecular complexity index is 710. The molecule has 0 fully saturated rings. The molecule has 2 rings (SSSR count). The van der Waals surface area contributed by atoms with E-state index in [0.717, 1.165) is 11.8 Å². The molecule has 2 amide bonds. The number of nitrogens with one attached hydrogen (secondary N) is 2. The maximum Gasteiger partial charge on any atom is 0.325 e. The van der Waals surface area contributed by atoms with E-state index in [1.54, 1.807) is 24.3 Å². The molecule has 2 N–H and O–H groups in total. The van der Waals surface area contributed by atoms with Gasteiger partial charge in [-0.2, -0.15) is 4.79 Å². The van der Waals surface area contributed by atoms with Crippen LogP contribution in [0.15, 0.2) is 60.7 Å². The van der Waals surface area contributed by atoms with Crippen LogP contribution in [0.5, 0.6) is 0 Å². The van der Waals surface area contributed by atoms with Crippen molar-refractivity contribution in [3.63, 3.8) is 0 Å². The van der Waals surface area contributed by atoms with E-state index in [1.807, 2.05) is 36.4 Å². The number of benzene rings is 2. The van der Waals surface area contributed by atoms with Gasteiger partial charge >= 0.3 is 12.2 Å². The number of nitrogens with zero attached hydrogens (tertiary/aromatic N) is 2. The summed E-state index contributed by atoms with van der Waals surface area (Å²) in [7, 11) is 0. The van der Waals surface area contributed by atoms with Gasteiger partial charge in [-0.25, -0.2) is 4.79 Å². The monoisotopic (exact) mass is 308 g/mol. The molecule has 0 saturated carbocycles. The molecule has 1 atom stereocenters. The number of Topliss-reactive ketones (excluding diaryl/α,β-unsaturated/α-hetero) is 1. The largest absolute Gasteiger partial charge is 0.361 e. The van der Waals surface area contributed by atoms with Crippen molar-refractivity contribution in [1.82, 2.24) is 5.32 Å². The van der Waals surface area contributed by atoms with E-state index < -0.39 is 17.9 Å². The molecule has 0 aliphatic carbocycles. The summed E-state index contributed by atoms with van der Waals surface area (Å²) in [5.74, 6) is -0.487. The van der Waals surface area contributed by atoms with Crippen LogP contribution in [0.4, 0.5) is 10.5 Å². The third kappa shape index (κ3) is 5.22. The number of hydrogen-bond acceptors (Lipinski definition) is 2. The van der Waals surface area contributed by atoms with Crippen LogP contribution < -0.4 is 10.6 Å². The maximum absolute atomic E-state index is 12.0. The van der Waals surface area contributed by atoms with Crippen molar-refractivity contribution in [3.8, 4) is 0 Å². The SMILES string of the molecule is [N-]=[N+]=CC(=O)[C@@H](Cc1ccccc1)NC(=O)Nc1ccccc1. The molecule has 0 heterocycles. The van der Waals surface area contributed by atoms with E-state index in [2.05, 4.69) is 15.4 Å². The number of amides is 2. The van der Waals surface area contributed by atoms with Gasteiger partial charge in [-0.05, 0) is 17.7 Å². The van der Waals surface area contributed by atoms with Crippen molar-refractivity contribution in [3.05, 3.63) is 71.8 Å². The van der Waals surface area contributed by atoms with Crippen molar-refractivity contribution in [2.45, 2.75) is 12.5 Å². The number of anilines is 1. The first-order valence-electron chi connectivity index (χ1n) is 7.07. The Balaban J connectivity index is 2.06. The van der Waals surface area contributed by atoms with Crippen LogP contribution in [0.25, 0.3) is 5.53 Å². The fourth-order valence-electron chi connectivity index (χ4n) is 2.07. The lowest BCUT2D eigenvalue weighted by Crippen LogP contribution is -2.45. The van der Waals surface area contributed by atoms with Crippen molar-refractivity contribution >= 4 is 23.7 Å². The normalized spacial score (nSPS) is 11.0.